The van der Waals surface area contributed by atoms with Crippen molar-refractivity contribution in [2.24, 2.45) is 5.41 Å². The van der Waals surface area contributed by atoms with E-state index in [1.165, 1.54) is 0 Å². The highest BCUT2D eigenvalue weighted by molar-refractivity contribution is 5.94. The van der Waals surface area contributed by atoms with Gasteiger partial charge in [0.2, 0.25) is 5.91 Å². The van der Waals surface area contributed by atoms with E-state index in [2.05, 4.69) is 10.6 Å². The van der Waals surface area contributed by atoms with Crippen LogP contribution in [0.3, 0.4) is 0 Å². The lowest BCUT2D eigenvalue weighted by Crippen LogP contribution is -2.47. The van der Waals surface area contributed by atoms with Crippen molar-refractivity contribution in [3.63, 3.8) is 0 Å². The molecule has 2 heterocycles. The molecule has 0 unspecified atom stereocenters. The standard InChI is InChI=1S/C20H29N3O3/c1-26-15-20(8-10-21-11-9-20)14-22-19(25)17-6-4-16(5-7-17)13-23-12-2-3-18(23)24/h4-7,21H,2-3,8-15H2,1H3,(H,22,25). The van der Waals surface area contributed by atoms with E-state index in [1.54, 1.807) is 7.11 Å². The zero-order chi connectivity index (χ0) is 18.4. The molecule has 0 bridgehead atoms. The zero-order valence-electron chi connectivity index (χ0n) is 15.6. The number of methoxy groups -OCH3 is 1. The molecule has 2 amide bonds. The number of carbonyl (C=O) groups excluding carboxylic acids is 2. The molecule has 1 aromatic rings. The van der Waals surface area contributed by atoms with Crippen molar-refractivity contribution in [2.45, 2.75) is 32.2 Å². The van der Waals surface area contributed by atoms with Crippen LogP contribution >= 0.6 is 0 Å². The molecule has 2 aliphatic rings. The second-order valence-corrected chi connectivity index (χ2v) is 7.48. The summed E-state index contributed by atoms with van der Waals surface area (Å²) in [6.07, 6.45) is 3.60. The monoisotopic (exact) mass is 359 g/mol. The van der Waals surface area contributed by atoms with Crippen molar-refractivity contribution >= 4 is 11.8 Å². The summed E-state index contributed by atoms with van der Waals surface area (Å²) in [5.74, 6) is 0.167. The number of piperidine rings is 1. The molecular formula is C20H29N3O3. The Balaban J connectivity index is 1.54. The molecular weight excluding hydrogens is 330 g/mol. The maximum atomic E-state index is 12.5. The third kappa shape index (κ3) is 4.62. The van der Waals surface area contributed by atoms with Crippen LogP contribution < -0.4 is 10.6 Å². The van der Waals surface area contributed by atoms with E-state index in [9.17, 15) is 9.59 Å². The lowest BCUT2D eigenvalue weighted by atomic mass is 9.79. The number of ether oxygens (including phenoxy) is 1. The molecule has 2 saturated heterocycles. The third-order valence-electron chi connectivity index (χ3n) is 5.50. The summed E-state index contributed by atoms with van der Waals surface area (Å²) in [4.78, 5) is 26.1. The Morgan fingerprint density at radius 2 is 2.00 bits per heavy atom. The molecule has 0 radical (unpaired) electrons. The van der Waals surface area contributed by atoms with Crippen LogP contribution in [0.2, 0.25) is 0 Å². The Labute approximate surface area is 155 Å². The molecule has 0 saturated carbocycles. The molecule has 142 valence electrons. The van der Waals surface area contributed by atoms with Crippen molar-refractivity contribution in [3.05, 3.63) is 35.4 Å². The summed E-state index contributed by atoms with van der Waals surface area (Å²) >= 11 is 0. The molecule has 2 aliphatic heterocycles. The molecule has 0 aliphatic carbocycles. The number of nitrogens with one attached hydrogen (secondary N) is 2. The summed E-state index contributed by atoms with van der Waals surface area (Å²) in [6.45, 7) is 4.68. The van der Waals surface area contributed by atoms with E-state index >= 15 is 0 Å². The minimum atomic E-state index is -0.0530. The summed E-state index contributed by atoms with van der Waals surface area (Å²) in [6, 6.07) is 7.57. The minimum absolute atomic E-state index is 0.0196. The number of amides is 2. The molecule has 0 aromatic heterocycles. The van der Waals surface area contributed by atoms with E-state index in [4.69, 9.17) is 4.74 Å². The molecule has 6 heteroatoms. The van der Waals surface area contributed by atoms with Gasteiger partial charge in [0.15, 0.2) is 0 Å². The van der Waals surface area contributed by atoms with Crippen LogP contribution in [0, 0.1) is 5.41 Å². The Kier molecular flexibility index (Phi) is 6.27. The molecule has 2 N–H and O–H groups in total. The van der Waals surface area contributed by atoms with Crippen molar-refractivity contribution < 1.29 is 14.3 Å². The van der Waals surface area contributed by atoms with Gasteiger partial charge in [-0.2, -0.15) is 0 Å². The number of likely N-dealkylation sites (tertiary alicyclic amines) is 1. The number of hydrogen-bond donors (Lipinski definition) is 2. The highest BCUT2D eigenvalue weighted by atomic mass is 16.5. The van der Waals surface area contributed by atoms with Crippen LogP contribution in [-0.4, -0.2) is 56.6 Å². The molecule has 0 spiro atoms. The maximum absolute atomic E-state index is 12.5. The average molecular weight is 359 g/mol. The van der Waals surface area contributed by atoms with Crippen LogP contribution in [0.15, 0.2) is 24.3 Å². The summed E-state index contributed by atoms with van der Waals surface area (Å²) < 4.78 is 5.40. The van der Waals surface area contributed by atoms with Gasteiger partial charge in [0.1, 0.15) is 0 Å². The summed E-state index contributed by atoms with van der Waals surface area (Å²) in [5.41, 5.74) is 1.74. The minimum Gasteiger partial charge on any atom is -0.384 e. The maximum Gasteiger partial charge on any atom is 0.251 e. The molecule has 6 nitrogen and oxygen atoms in total. The first-order valence-corrected chi connectivity index (χ1v) is 9.46. The van der Waals surface area contributed by atoms with E-state index in [-0.39, 0.29) is 17.2 Å². The average Bonchev–Trinajstić information content (AvgIpc) is 3.06. The van der Waals surface area contributed by atoms with E-state index < -0.39 is 0 Å². The normalized spacial score (nSPS) is 19.6. The number of benzene rings is 1. The Bertz CT molecular complexity index is 618. The fraction of sp³-hybridized carbons (Fsp3) is 0.600. The fourth-order valence-electron chi connectivity index (χ4n) is 3.86. The third-order valence-corrected chi connectivity index (χ3v) is 5.50. The van der Waals surface area contributed by atoms with Gasteiger partial charge in [0.05, 0.1) is 6.61 Å². The Morgan fingerprint density at radius 1 is 1.27 bits per heavy atom. The number of nitrogens with zero attached hydrogens (tertiary/aromatic N) is 1. The van der Waals surface area contributed by atoms with Gasteiger partial charge in [-0.05, 0) is 50.0 Å². The van der Waals surface area contributed by atoms with Gasteiger partial charge in [-0.15, -0.1) is 0 Å². The quantitative estimate of drug-likeness (QED) is 0.775. The predicted octanol–water partition coefficient (Wildman–Crippen LogP) is 1.55. The molecule has 0 atom stereocenters. The first-order chi connectivity index (χ1) is 12.6. The topological polar surface area (TPSA) is 70.7 Å². The number of carbonyl (C=O) groups is 2. The summed E-state index contributed by atoms with van der Waals surface area (Å²) in [5, 5.41) is 6.44. The zero-order valence-corrected chi connectivity index (χ0v) is 15.6. The number of rotatable bonds is 7. The Hall–Kier alpha value is -1.92. The summed E-state index contributed by atoms with van der Waals surface area (Å²) in [7, 11) is 1.72. The first-order valence-electron chi connectivity index (χ1n) is 9.46. The van der Waals surface area contributed by atoms with Gasteiger partial charge in [0.25, 0.3) is 5.91 Å². The van der Waals surface area contributed by atoms with Crippen LogP contribution in [-0.2, 0) is 16.1 Å². The van der Waals surface area contributed by atoms with Gasteiger partial charge in [-0.3, -0.25) is 9.59 Å². The molecule has 26 heavy (non-hydrogen) atoms. The van der Waals surface area contributed by atoms with Gasteiger partial charge >= 0.3 is 0 Å². The van der Waals surface area contributed by atoms with Gasteiger partial charge < -0.3 is 20.3 Å². The van der Waals surface area contributed by atoms with E-state index in [0.29, 0.717) is 31.7 Å². The molecule has 3 rings (SSSR count). The van der Waals surface area contributed by atoms with Crippen molar-refractivity contribution in [3.8, 4) is 0 Å². The SMILES string of the molecule is COCC1(CNC(=O)c2ccc(CN3CCCC3=O)cc2)CCNCC1. The second kappa shape index (κ2) is 8.64. The Morgan fingerprint density at radius 3 is 2.62 bits per heavy atom. The van der Waals surface area contributed by atoms with Crippen molar-refractivity contribution in [2.75, 3.05) is 39.9 Å². The smallest absolute Gasteiger partial charge is 0.251 e. The number of hydrogen-bond acceptors (Lipinski definition) is 4. The highest BCUT2D eigenvalue weighted by Crippen LogP contribution is 2.28. The van der Waals surface area contributed by atoms with E-state index in [0.717, 1.165) is 44.5 Å². The van der Waals surface area contributed by atoms with Crippen LogP contribution in [0.25, 0.3) is 0 Å². The lowest BCUT2D eigenvalue weighted by Gasteiger charge is -2.37. The second-order valence-electron chi connectivity index (χ2n) is 7.48. The molecule has 1 aromatic carbocycles. The fourth-order valence-corrected chi connectivity index (χ4v) is 3.86. The van der Waals surface area contributed by atoms with Crippen LogP contribution in [0.5, 0.6) is 0 Å². The first kappa shape index (κ1) is 18.9. The lowest BCUT2D eigenvalue weighted by molar-refractivity contribution is -0.128. The highest BCUT2D eigenvalue weighted by Gasteiger charge is 2.32. The van der Waals surface area contributed by atoms with E-state index in [1.807, 2.05) is 29.2 Å². The molecule has 2 fully saturated rings. The van der Waals surface area contributed by atoms with Gasteiger partial charge in [0, 0.05) is 44.1 Å². The van der Waals surface area contributed by atoms with Crippen molar-refractivity contribution in [1.82, 2.24) is 15.5 Å². The predicted molar refractivity (Wildman–Crippen MR) is 99.8 cm³/mol. The van der Waals surface area contributed by atoms with Crippen LogP contribution in [0.1, 0.15) is 41.6 Å². The van der Waals surface area contributed by atoms with Gasteiger partial charge in [-0.25, -0.2) is 0 Å². The van der Waals surface area contributed by atoms with Gasteiger partial charge in [-0.1, -0.05) is 12.1 Å². The van der Waals surface area contributed by atoms with Crippen LogP contribution in [0.4, 0.5) is 0 Å². The van der Waals surface area contributed by atoms with Crippen molar-refractivity contribution in [1.29, 1.82) is 0 Å². The largest absolute Gasteiger partial charge is 0.384 e.